The van der Waals surface area contributed by atoms with E-state index in [2.05, 4.69) is 24.1 Å². The minimum Gasteiger partial charge on any atom is -0.341 e. The number of nitrogens with one attached hydrogen (secondary N) is 1. The van der Waals surface area contributed by atoms with Gasteiger partial charge in [-0.2, -0.15) is 0 Å². The highest BCUT2D eigenvalue weighted by molar-refractivity contribution is 6.03. The molecule has 7 heteroatoms. The number of nitrogens with zero attached hydrogens (tertiary/aromatic N) is 3. The first kappa shape index (κ1) is 27.3. The van der Waals surface area contributed by atoms with E-state index in [0.29, 0.717) is 25.1 Å². The number of rotatable bonds is 13. The zero-order chi connectivity index (χ0) is 26.9. The molecule has 2 aromatic carbocycles. The molecule has 1 aliphatic heterocycles. The molecule has 4 rings (SSSR count). The van der Waals surface area contributed by atoms with E-state index < -0.39 is 6.04 Å². The fourth-order valence-corrected chi connectivity index (χ4v) is 4.98. The molecular formula is C31H38N4O3. The summed E-state index contributed by atoms with van der Waals surface area (Å²) >= 11 is 0. The van der Waals surface area contributed by atoms with Crippen LogP contribution in [-0.2, 0) is 16.0 Å². The smallest absolute Gasteiger partial charge is 0.253 e. The van der Waals surface area contributed by atoms with Crippen LogP contribution in [0.1, 0.15) is 68.3 Å². The molecule has 1 aliphatic rings. The average molecular weight is 515 g/mol. The Balaban J connectivity index is 1.60. The molecule has 0 saturated heterocycles. The van der Waals surface area contributed by atoms with E-state index in [1.54, 1.807) is 11.0 Å². The summed E-state index contributed by atoms with van der Waals surface area (Å²) < 4.78 is 0. The number of unbranched alkanes of at least 4 members (excludes halogenated alkanes) is 4. The van der Waals surface area contributed by atoms with Crippen molar-refractivity contribution >= 4 is 34.3 Å². The quantitative estimate of drug-likeness (QED) is 0.321. The maximum absolute atomic E-state index is 14.0. The summed E-state index contributed by atoms with van der Waals surface area (Å²) in [6, 6.07) is 16.2. The minimum absolute atomic E-state index is 0.0610. The number of aromatic nitrogens is 1. The van der Waals surface area contributed by atoms with Crippen LogP contribution in [0.25, 0.3) is 10.9 Å². The fourth-order valence-electron chi connectivity index (χ4n) is 4.98. The van der Waals surface area contributed by atoms with Gasteiger partial charge in [0.25, 0.3) is 5.91 Å². The summed E-state index contributed by atoms with van der Waals surface area (Å²) in [6.45, 7) is 5.66. The molecule has 200 valence electrons. The Kier molecular flexibility index (Phi) is 9.46. The van der Waals surface area contributed by atoms with Gasteiger partial charge in [-0.15, -0.1) is 0 Å². The summed E-state index contributed by atoms with van der Waals surface area (Å²) in [5, 5.41) is 3.83. The van der Waals surface area contributed by atoms with Gasteiger partial charge < -0.3 is 15.1 Å². The third-order valence-corrected chi connectivity index (χ3v) is 7.12. The summed E-state index contributed by atoms with van der Waals surface area (Å²) in [5.74, 6) is -0.575. The molecule has 38 heavy (non-hydrogen) atoms. The first-order valence-electron chi connectivity index (χ1n) is 13.8. The molecule has 0 aliphatic carbocycles. The second kappa shape index (κ2) is 13.2. The molecule has 2 heterocycles. The summed E-state index contributed by atoms with van der Waals surface area (Å²) in [7, 11) is 0. The van der Waals surface area contributed by atoms with E-state index >= 15 is 0 Å². The van der Waals surface area contributed by atoms with Gasteiger partial charge in [0.1, 0.15) is 6.04 Å². The number of amides is 3. The van der Waals surface area contributed by atoms with Gasteiger partial charge in [-0.3, -0.25) is 19.4 Å². The number of carbonyl (C=O) groups excluding carboxylic acids is 3. The highest BCUT2D eigenvalue weighted by Gasteiger charge is 2.34. The monoisotopic (exact) mass is 514 g/mol. The highest BCUT2D eigenvalue weighted by atomic mass is 16.2. The summed E-state index contributed by atoms with van der Waals surface area (Å²) in [5.41, 5.74) is 2.93. The van der Waals surface area contributed by atoms with Crippen molar-refractivity contribution in [3.63, 3.8) is 0 Å². The molecular weight excluding hydrogens is 476 g/mol. The molecule has 0 radical (unpaired) electrons. The average Bonchev–Trinajstić information content (AvgIpc) is 3.25. The number of pyridine rings is 1. The van der Waals surface area contributed by atoms with Crippen LogP contribution in [0.2, 0.25) is 0 Å². The largest absolute Gasteiger partial charge is 0.341 e. The van der Waals surface area contributed by atoms with Crippen molar-refractivity contribution in [1.29, 1.82) is 0 Å². The van der Waals surface area contributed by atoms with Crippen molar-refractivity contribution in [2.45, 2.75) is 64.8 Å². The molecule has 0 saturated carbocycles. The van der Waals surface area contributed by atoms with Crippen molar-refractivity contribution in [3.05, 3.63) is 71.9 Å². The fraction of sp³-hybridized carbons (Fsp3) is 0.419. The lowest BCUT2D eigenvalue weighted by Crippen LogP contribution is -2.54. The van der Waals surface area contributed by atoms with Crippen LogP contribution in [0, 0.1) is 0 Å². The SMILES string of the molecule is CCCCCN(CCCCC)C(=O)[C@H](CN1C(=O)Cc2ccccc21)NC(=O)c1cnc2ccccc2c1. The summed E-state index contributed by atoms with van der Waals surface area (Å²) in [6.07, 6.45) is 7.86. The minimum atomic E-state index is -0.868. The van der Waals surface area contributed by atoms with Gasteiger partial charge in [0.05, 0.1) is 24.0 Å². The van der Waals surface area contributed by atoms with E-state index in [1.165, 1.54) is 6.20 Å². The third-order valence-electron chi connectivity index (χ3n) is 7.12. The van der Waals surface area contributed by atoms with E-state index in [9.17, 15) is 14.4 Å². The lowest BCUT2D eigenvalue weighted by atomic mass is 10.1. The maximum Gasteiger partial charge on any atom is 0.253 e. The molecule has 0 spiro atoms. The van der Waals surface area contributed by atoms with Crippen LogP contribution >= 0.6 is 0 Å². The molecule has 1 atom stereocenters. The molecule has 0 fully saturated rings. The van der Waals surface area contributed by atoms with Gasteiger partial charge in [-0.25, -0.2) is 0 Å². The van der Waals surface area contributed by atoms with E-state index in [0.717, 1.165) is 60.7 Å². The predicted molar refractivity (Wildman–Crippen MR) is 151 cm³/mol. The Hall–Kier alpha value is -3.74. The predicted octanol–water partition coefficient (Wildman–Crippen LogP) is 5.13. The lowest BCUT2D eigenvalue weighted by Gasteiger charge is -2.31. The normalized spacial score (nSPS) is 13.4. The van der Waals surface area contributed by atoms with Crippen LogP contribution in [0.3, 0.4) is 0 Å². The second-order valence-electron chi connectivity index (χ2n) is 9.99. The number of anilines is 1. The second-order valence-corrected chi connectivity index (χ2v) is 9.99. The van der Waals surface area contributed by atoms with Crippen LogP contribution in [0.15, 0.2) is 60.8 Å². The number of hydrogen-bond donors (Lipinski definition) is 1. The third kappa shape index (κ3) is 6.57. The topological polar surface area (TPSA) is 82.6 Å². The number of hydrogen-bond acceptors (Lipinski definition) is 4. The molecule has 0 bridgehead atoms. The zero-order valence-corrected chi connectivity index (χ0v) is 22.5. The van der Waals surface area contributed by atoms with Crippen molar-refractivity contribution < 1.29 is 14.4 Å². The van der Waals surface area contributed by atoms with Crippen LogP contribution in [-0.4, -0.2) is 53.3 Å². The number of benzene rings is 2. The van der Waals surface area contributed by atoms with Crippen LogP contribution < -0.4 is 10.2 Å². The van der Waals surface area contributed by atoms with Crippen LogP contribution in [0.5, 0.6) is 0 Å². The lowest BCUT2D eigenvalue weighted by molar-refractivity contribution is -0.133. The molecule has 3 aromatic rings. The van der Waals surface area contributed by atoms with Crippen LogP contribution in [0.4, 0.5) is 5.69 Å². The highest BCUT2D eigenvalue weighted by Crippen LogP contribution is 2.28. The number of para-hydroxylation sites is 2. The van der Waals surface area contributed by atoms with E-state index in [-0.39, 0.29) is 24.3 Å². The maximum atomic E-state index is 14.0. The molecule has 7 nitrogen and oxygen atoms in total. The number of fused-ring (bicyclic) bond motifs is 2. The Morgan fingerprint density at radius 3 is 2.39 bits per heavy atom. The van der Waals surface area contributed by atoms with Gasteiger partial charge in [-0.1, -0.05) is 75.9 Å². The number of carbonyl (C=O) groups is 3. The molecule has 3 amide bonds. The van der Waals surface area contributed by atoms with Crippen molar-refractivity contribution in [1.82, 2.24) is 15.2 Å². The van der Waals surface area contributed by atoms with Crippen molar-refractivity contribution in [2.24, 2.45) is 0 Å². The van der Waals surface area contributed by atoms with E-state index in [4.69, 9.17) is 0 Å². The Morgan fingerprint density at radius 2 is 1.66 bits per heavy atom. The van der Waals surface area contributed by atoms with Crippen molar-refractivity contribution in [3.8, 4) is 0 Å². The first-order chi connectivity index (χ1) is 18.5. The first-order valence-corrected chi connectivity index (χ1v) is 13.8. The summed E-state index contributed by atoms with van der Waals surface area (Å²) in [4.78, 5) is 48.3. The molecule has 1 N–H and O–H groups in total. The van der Waals surface area contributed by atoms with Crippen molar-refractivity contribution in [2.75, 3.05) is 24.5 Å². The van der Waals surface area contributed by atoms with Gasteiger partial charge in [0, 0.05) is 30.4 Å². The molecule has 0 unspecified atom stereocenters. The zero-order valence-electron chi connectivity index (χ0n) is 22.5. The Morgan fingerprint density at radius 1 is 0.974 bits per heavy atom. The van der Waals surface area contributed by atoms with Gasteiger partial charge in [0.15, 0.2) is 0 Å². The molecule has 1 aromatic heterocycles. The standard InChI is InChI=1S/C31H38N4O3/c1-3-5-11-17-34(18-12-6-4-2)31(38)27(22-35-28-16-10-8-14-24(28)20-29(35)36)33-30(37)25-19-23-13-7-9-15-26(23)32-21-25/h7-10,13-16,19,21,27H,3-6,11-12,17-18,20,22H2,1-2H3,(H,33,37)/t27-/m0/s1. The van der Waals surface area contributed by atoms with Gasteiger partial charge in [0.2, 0.25) is 11.8 Å². The van der Waals surface area contributed by atoms with E-state index in [1.807, 2.05) is 53.4 Å². The van der Waals surface area contributed by atoms with Gasteiger partial charge >= 0.3 is 0 Å². The van der Waals surface area contributed by atoms with Gasteiger partial charge in [-0.05, 0) is 36.6 Å². The Bertz CT molecular complexity index is 1260. The Labute approximate surface area is 225 Å².